The molecule has 1 unspecified atom stereocenters. The first-order valence-electron chi connectivity index (χ1n) is 8.73. The van der Waals surface area contributed by atoms with Gasteiger partial charge in [0.1, 0.15) is 0 Å². The molecule has 2 aromatic carbocycles. The predicted octanol–water partition coefficient (Wildman–Crippen LogP) is 3.24. The Bertz CT molecular complexity index is 854. The molecule has 5 nitrogen and oxygen atoms in total. The first-order chi connectivity index (χ1) is 13.1. The van der Waals surface area contributed by atoms with Crippen LogP contribution in [0.25, 0.3) is 0 Å². The summed E-state index contributed by atoms with van der Waals surface area (Å²) < 4.78 is 0. The fraction of sp³-hybridized carbons (Fsp3) is 0.136. The molecule has 2 N–H and O–H groups in total. The first-order valence-corrected chi connectivity index (χ1v) is 8.73. The van der Waals surface area contributed by atoms with Crippen molar-refractivity contribution >= 4 is 11.8 Å². The highest BCUT2D eigenvalue weighted by Gasteiger charge is 2.18. The number of benzene rings is 2. The van der Waals surface area contributed by atoms with Gasteiger partial charge in [0.05, 0.1) is 11.7 Å². The predicted molar refractivity (Wildman–Crippen MR) is 104 cm³/mol. The molecule has 0 saturated carbocycles. The maximum atomic E-state index is 12.8. The lowest BCUT2D eigenvalue weighted by Crippen LogP contribution is -2.30. The Balaban J connectivity index is 1.77. The van der Waals surface area contributed by atoms with E-state index in [1.165, 1.54) is 6.92 Å². The van der Waals surface area contributed by atoms with Gasteiger partial charge in [-0.25, -0.2) is 0 Å². The van der Waals surface area contributed by atoms with Crippen LogP contribution in [-0.4, -0.2) is 16.8 Å². The van der Waals surface area contributed by atoms with E-state index in [4.69, 9.17) is 0 Å². The van der Waals surface area contributed by atoms with Gasteiger partial charge in [-0.3, -0.25) is 14.6 Å². The normalized spacial score (nSPS) is 11.4. The number of hydrogen-bond donors (Lipinski definition) is 2. The van der Waals surface area contributed by atoms with Crippen LogP contribution in [0.2, 0.25) is 0 Å². The lowest BCUT2D eigenvalue weighted by Gasteiger charge is -2.19. The number of carbonyl (C=O) groups excluding carboxylic acids is 2. The molecule has 0 fully saturated rings. The molecule has 27 heavy (non-hydrogen) atoms. The van der Waals surface area contributed by atoms with Crippen LogP contribution in [0, 0.1) is 0 Å². The maximum absolute atomic E-state index is 12.8. The summed E-state index contributed by atoms with van der Waals surface area (Å²) in [5.74, 6) is -0.265. The summed E-state index contributed by atoms with van der Waals surface area (Å²) in [5.41, 5.74) is 3.23. The third kappa shape index (κ3) is 5.01. The topological polar surface area (TPSA) is 71.1 Å². The number of nitrogens with zero attached hydrogens (tertiary/aromatic N) is 1. The fourth-order valence-electron chi connectivity index (χ4n) is 2.74. The van der Waals surface area contributed by atoms with Gasteiger partial charge < -0.3 is 10.6 Å². The molecule has 0 saturated heterocycles. The SMILES string of the molecule is CC(=O)NCc1ccc(C(=O)NC(c2ccccc2)c2ccccn2)cc1. The molecule has 1 heterocycles. The summed E-state index contributed by atoms with van der Waals surface area (Å²) in [6.07, 6.45) is 1.72. The Labute approximate surface area is 158 Å². The average Bonchev–Trinajstić information content (AvgIpc) is 2.72. The molecule has 0 radical (unpaired) electrons. The van der Waals surface area contributed by atoms with Gasteiger partial charge in [0.15, 0.2) is 0 Å². The van der Waals surface area contributed by atoms with E-state index in [0.29, 0.717) is 12.1 Å². The quantitative estimate of drug-likeness (QED) is 0.710. The zero-order chi connectivity index (χ0) is 19.1. The molecule has 1 aromatic heterocycles. The minimum absolute atomic E-state index is 0.0853. The number of nitrogens with one attached hydrogen (secondary N) is 2. The monoisotopic (exact) mass is 359 g/mol. The van der Waals surface area contributed by atoms with E-state index in [0.717, 1.165) is 16.8 Å². The lowest BCUT2D eigenvalue weighted by atomic mass is 10.0. The van der Waals surface area contributed by atoms with Crippen molar-refractivity contribution in [1.29, 1.82) is 0 Å². The van der Waals surface area contributed by atoms with E-state index in [-0.39, 0.29) is 17.9 Å². The third-order valence-electron chi connectivity index (χ3n) is 4.15. The molecule has 1 atom stereocenters. The van der Waals surface area contributed by atoms with Crippen molar-refractivity contribution in [3.8, 4) is 0 Å². The van der Waals surface area contributed by atoms with E-state index in [9.17, 15) is 9.59 Å². The van der Waals surface area contributed by atoms with Crippen molar-refractivity contribution < 1.29 is 9.59 Å². The zero-order valence-electron chi connectivity index (χ0n) is 15.1. The Morgan fingerprint density at radius 1 is 0.926 bits per heavy atom. The lowest BCUT2D eigenvalue weighted by molar-refractivity contribution is -0.119. The second kappa shape index (κ2) is 8.76. The Hall–Kier alpha value is -3.47. The molecule has 0 bridgehead atoms. The van der Waals surface area contributed by atoms with Crippen LogP contribution in [0.3, 0.4) is 0 Å². The molecule has 0 spiro atoms. The Morgan fingerprint density at radius 3 is 2.26 bits per heavy atom. The van der Waals surface area contributed by atoms with Crippen LogP contribution in [0.4, 0.5) is 0 Å². The maximum Gasteiger partial charge on any atom is 0.252 e. The number of rotatable bonds is 6. The molecular formula is C22H21N3O2. The highest BCUT2D eigenvalue weighted by Crippen LogP contribution is 2.20. The van der Waals surface area contributed by atoms with Crippen LogP contribution in [0.5, 0.6) is 0 Å². The molecular weight excluding hydrogens is 338 g/mol. The van der Waals surface area contributed by atoms with Crippen molar-refractivity contribution in [1.82, 2.24) is 15.6 Å². The molecule has 136 valence electrons. The van der Waals surface area contributed by atoms with Crippen molar-refractivity contribution in [2.45, 2.75) is 19.5 Å². The summed E-state index contributed by atoms with van der Waals surface area (Å²) in [5, 5.41) is 5.80. The number of aromatic nitrogens is 1. The number of pyridine rings is 1. The molecule has 0 aliphatic carbocycles. The van der Waals surface area contributed by atoms with Crippen molar-refractivity contribution in [2.75, 3.05) is 0 Å². The third-order valence-corrected chi connectivity index (χ3v) is 4.15. The van der Waals surface area contributed by atoms with E-state index in [1.54, 1.807) is 18.3 Å². The van der Waals surface area contributed by atoms with E-state index < -0.39 is 0 Å². The van der Waals surface area contributed by atoms with Gasteiger partial charge >= 0.3 is 0 Å². The van der Waals surface area contributed by atoms with Crippen molar-refractivity contribution in [3.05, 3.63) is 101 Å². The van der Waals surface area contributed by atoms with Gasteiger partial charge in [-0.2, -0.15) is 0 Å². The van der Waals surface area contributed by atoms with Gasteiger partial charge in [0.2, 0.25) is 5.91 Å². The smallest absolute Gasteiger partial charge is 0.252 e. The van der Waals surface area contributed by atoms with E-state index in [1.807, 2.05) is 60.7 Å². The Morgan fingerprint density at radius 2 is 1.63 bits per heavy atom. The fourth-order valence-corrected chi connectivity index (χ4v) is 2.74. The second-order valence-corrected chi connectivity index (χ2v) is 6.18. The number of amides is 2. The van der Waals surface area contributed by atoms with Crippen LogP contribution < -0.4 is 10.6 Å². The van der Waals surface area contributed by atoms with Crippen LogP contribution >= 0.6 is 0 Å². The van der Waals surface area contributed by atoms with Crippen molar-refractivity contribution in [2.24, 2.45) is 0 Å². The number of hydrogen-bond acceptors (Lipinski definition) is 3. The molecule has 2 amide bonds. The minimum Gasteiger partial charge on any atom is -0.352 e. The van der Waals surface area contributed by atoms with Gasteiger partial charge in [0.25, 0.3) is 5.91 Å². The number of carbonyl (C=O) groups is 2. The van der Waals surface area contributed by atoms with E-state index >= 15 is 0 Å². The van der Waals surface area contributed by atoms with Crippen molar-refractivity contribution in [3.63, 3.8) is 0 Å². The standard InChI is InChI=1S/C22H21N3O2/c1-16(26)24-15-17-10-12-19(13-11-17)22(27)25-21(18-7-3-2-4-8-18)20-9-5-6-14-23-20/h2-14,21H,15H2,1H3,(H,24,26)(H,25,27). The summed E-state index contributed by atoms with van der Waals surface area (Å²) >= 11 is 0. The van der Waals surface area contributed by atoms with Gasteiger partial charge in [-0.1, -0.05) is 48.5 Å². The van der Waals surface area contributed by atoms with Crippen LogP contribution in [0.1, 0.15) is 40.1 Å². The summed E-state index contributed by atoms with van der Waals surface area (Å²) in [6.45, 7) is 1.92. The zero-order valence-corrected chi connectivity index (χ0v) is 15.1. The molecule has 3 aromatic rings. The first kappa shape index (κ1) is 18.3. The van der Waals surface area contributed by atoms with Gasteiger partial charge in [-0.15, -0.1) is 0 Å². The summed E-state index contributed by atoms with van der Waals surface area (Å²) in [6, 6.07) is 22.3. The van der Waals surface area contributed by atoms with Gasteiger partial charge in [0, 0.05) is 25.2 Å². The van der Waals surface area contributed by atoms with Crippen LogP contribution in [0.15, 0.2) is 79.0 Å². The van der Waals surface area contributed by atoms with E-state index in [2.05, 4.69) is 15.6 Å². The average molecular weight is 359 g/mol. The summed E-state index contributed by atoms with van der Waals surface area (Å²) in [4.78, 5) is 28.2. The molecule has 3 rings (SSSR count). The molecule has 0 aliphatic rings. The largest absolute Gasteiger partial charge is 0.352 e. The Kier molecular flexibility index (Phi) is 5.94. The molecule has 0 aliphatic heterocycles. The van der Waals surface area contributed by atoms with Crippen LogP contribution in [-0.2, 0) is 11.3 Å². The summed E-state index contributed by atoms with van der Waals surface area (Å²) in [7, 11) is 0. The van der Waals surface area contributed by atoms with Gasteiger partial charge in [-0.05, 0) is 35.4 Å². The second-order valence-electron chi connectivity index (χ2n) is 6.18. The minimum atomic E-state index is -0.334. The highest BCUT2D eigenvalue weighted by atomic mass is 16.2. The highest BCUT2D eigenvalue weighted by molar-refractivity contribution is 5.94. The molecule has 5 heteroatoms.